The predicted octanol–water partition coefficient (Wildman–Crippen LogP) is 6.41. The number of rotatable bonds is 14. The Kier molecular flexibility index (Phi) is 11.8. The lowest BCUT2D eigenvalue weighted by Crippen LogP contribution is -2.54. The molecule has 10 heteroatoms. The largest absolute Gasteiger partial charge is 0.492 e. The predicted molar refractivity (Wildman–Crippen MR) is 183 cm³/mol. The molecule has 4 aromatic carbocycles. The summed E-state index contributed by atoms with van der Waals surface area (Å²) in [5, 5.41) is 3.43. The van der Waals surface area contributed by atoms with E-state index >= 15 is 0 Å². The first-order chi connectivity index (χ1) is 22.0. The molecule has 46 heavy (non-hydrogen) atoms. The summed E-state index contributed by atoms with van der Waals surface area (Å²) in [6.45, 7) is 7.09. The fourth-order valence-corrected chi connectivity index (χ4v) is 6.70. The summed E-state index contributed by atoms with van der Waals surface area (Å²) < 4.78 is 35.5. The van der Waals surface area contributed by atoms with Gasteiger partial charge in [-0.15, -0.1) is 0 Å². The van der Waals surface area contributed by atoms with E-state index in [1.54, 1.807) is 61.5 Å². The molecule has 0 aliphatic rings. The van der Waals surface area contributed by atoms with Gasteiger partial charge in [-0.3, -0.25) is 13.9 Å². The average molecular weight is 662 g/mol. The molecular formula is C36H40ClN3O5S. The van der Waals surface area contributed by atoms with Crippen molar-refractivity contribution in [3.8, 4) is 5.75 Å². The summed E-state index contributed by atoms with van der Waals surface area (Å²) >= 11 is 6.31. The number of para-hydroxylation sites is 2. The Morgan fingerprint density at radius 2 is 1.52 bits per heavy atom. The molecular weight excluding hydrogens is 622 g/mol. The van der Waals surface area contributed by atoms with Crippen molar-refractivity contribution in [2.75, 3.05) is 17.5 Å². The first-order valence-corrected chi connectivity index (χ1v) is 17.0. The molecule has 0 spiro atoms. The second-order valence-electron chi connectivity index (χ2n) is 11.2. The SMILES string of the molecule is CCOc1ccccc1N(CC(=O)N(Cc1cccc(Cl)c1)[C@H](Cc1ccccc1)C(=O)NC(C)C)S(=O)(=O)c1ccc(C)cc1. The van der Waals surface area contributed by atoms with Gasteiger partial charge in [0.1, 0.15) is 18.3 Å². The van der Waals surface area contributed by atoms with E-state index in [4.69, 9.17) is 16.3 Å². The second-order valence-corrected chi connectivity index (χ2v) is 13.5. The van der Waals surface area contributed by atoms with E-state index in [-0.39, 0.29) is 35.5 Å². The van der Waals surface area contributed by atoms with Gasteiger partial charge in [0.05, 0.1) is 17.2 Å². The van der Waals surface area contributed by atoms with Crippen LogP contribution in [0, 0.1) is 6.92 Å². The topological polar surface area (TPSA) is 96.0 Å². The number of nitrogens with one attached hydrogen (secondary N) is 1. The number of sulfonamides is 1. The van der Waals surface area contributed by atoms with Crippen LogP contribution in [0.1, 0.15) is 37.5 Å². The summed E-state index contributed by atoms with van der Waals surface area (Å²) in [6.07, 6.45) is 0.214. The summed E-state index contributed by atoms with van der Waals surface area (Å²) in [4.78, 5) is 29.9. The number of nitrogens with zero attached hydrogens (tertiary/aromatic N) is 2. The Morgan fingerprint density at radius 1 is 0.870 bits per heavy atom. The first kappa shape index (κ1) is 34.5. The Morgan fingerprint density at radius 3 is 2.17 bits per heavy atom. The van der Waals surface area contributed by atoms with Crippen molar-refractivity contribution in [2.24, 2.45) is 0 Å². The molecule has 0 heterocycles. The summed E-state index contributed by atoms with van der Waals surface area (Å²) in [6, 6.07) is 28.5. The molecule has 0 aliphatic heterocycles. The molecule has 0 aliphatic carbocycles. The van der Waals surface area contributed by atoms with E-state index in [0.717, 1.165) is 15.4 Å². The lowest BCUT2D eigenvalue weighted by atomic mass is 10.0. The average Bonchev–Trinajstić information content (AvgIpc) is 3.02. The van der Waals surface area contributed by atoms with Crippen molar-refractivity contribution in [3.05, 3.63) is 125 Å². The number of benzene rings is 4. The lowest BCUT2D eigenvalue weighted by Gasteiger charge is -2.34. The molecule has 1 atom stereocenters. The van der Waals surface area contributed by atoms with Gasteiger partial charge in [-0.05, 0) is 75.2 Å². The highest BCUT2D eigenvalue weighted by Crippen LogP contribution is 2.33. The van der Waals surface area contributed by atoms with E-state index in [1.807, 2.05) is 57.2 Å². The molecule has 0 aromatic heterocycles. The number of amides is 2. The number of anilines is 1. The van der Waals surface area contributed by atoms with Crippen LogP contribution in [0.2, 0.25) is 5.02 Å². The molecule has 0 bridgehead atoms. The summed E-state index contributed by atoms with van der Waals surface area (Å²) in [5.74, 6) is -0.605. The van der Waals surface area contributed by atoms with E-state index in [9.17, 15) is 18.0 Å². The van der Waals surface area contributed by atoms with E-state index in [0.29, 0.717) is 22.9 Å². The van der Waals surface area contributed by atoms with E-state index in [2.05, 4.69) is 5.32 Å². The molecule has 1 N–H and O–H groups in total. The number of aryl methyl sites for hydroxylation is 1. The van der Waals surface area contributed by atoms with Crippen LogP contribution in [0.15, 0.2) is 108 Å². The lowest BCUT2D eigenvalue weighted by molar-refractivity contribution is -0.140. The molecule has 0 saturated heterocycles. The Balaban J connectivity index is 1.84. The second kappa shape index (κ2) is 15.8. The van der Waals surface area contributed by atoms with Gasteiger partial charge in [-0.2, -0.15) is 0 Å². The maximum absolute atomic E-state index is 14.6. The van der Waals surface area contributed by atoms with Crippen LogP contribution < -0.4 is 14.4 Å². The summed E-state index contributed by atoms with van der Waals surface area (Å²) in [5.41, 5.74) is 2.65. The van der Waals surface area contributed by atoms with Crippen molar-refractivity contribution in [1.29, 1.82) is 0 Å². The molecule has 0 unspecified atom stereocenters. The fraction of sp³-hybridized carbons (Fsp3) is 0.278. The Labute approximate surface area is 277 Å². The smallest absolute Gasteiger partial charge is 0.264 e. The highest BCUT2D eigenvalue weighted by molar-refractivity contribution is 7.92. The van der Waals surface area contributed by atoms with Gasteiger partial charge in [-0.25, -0.2) is 8.42 Å². The number of hydrogen-bond donors (Lipinski definition) is 1. The van der Waals surface area contributed by atoms with Gasteiger partial charge in [0.25, 0.3) is 10.0 Å². The molecule has 0 fully saturated rings. The molecule has 242 valence electrons. The number of carbonyl (C=O) groups excluding carboxylic acids is 2. The minimum Gasteiger partial charge on any atom is -0.492 e. The molecule has 4 rings (SSSR count). The zero-order valence-electron chi connectivity index (χ0n) is 26.5. The third-order valence-electron chi connectivity index (χ3n) is 7.27. The highest BCUT2D eigenvalue weighted by Gasteiger charge is 2.35. The number of hydrogen-bond acceptors (Lipinski definition) is 5. The van der Waals surface area contributed by atoms with Gasteiger partial charge in [-0.1, -0.05) is 83.9 Å². The monoisotopic (exact) mass is 661 g/mol. The first-order valence-electron chi connectivity index (χ1n) is 15.2. The van der Waals surface area contributed by atoms with E-state index in [1.165, 1.54) is 17.0 Å². The maximum Gasteiger partial charge on any atom is 0.264 e. The molecule has 0 radical (unpaired) electrons. The van der Waals surface area contributed by atoms with Crippen LogP contribution in [0.25, 0.3) is 0 Å². The van der Waals surface area contributed by atoms with Crippen molar-refractivity contribution < 1.29 is 22.7 Å². The molecule has 0 saturated carbocycles. The van der Waals surface area contributed by atoms with Crippen LogP contribution in [0.3, 0.4) is 0 Å². The van der Waals surface area contributed by atoms with Crippen molar-refractivity contribution in [1.82, 2.24) is 10.2 Å². The molecule has 8 nitrogen and oxygen atoms in total. The van der Waals surface area contributed by atoms with Crippen LogP contribution in [-0.2, 0) is 32.6 Å². The van der Waals surface area contributed by atoms with Gasteiger partial charge in [0, 0.05) is 24.0 Å². The van der Waals surface area contributed by atoms with Gasteiger partial charge in [0.15, 0.2) is 0 Å². The standard InChI is InChI=1S/C36H40ClN3O5S/c1-5-45-34-17-10-9-16-32(34)40(46(43,44)31-20-18-27(4)19-21-31)25-35(41)39(24-29-14-11-15-30(37)22-29)33(36(42)38-26(2)3)23-28-12-7-6-8-13-28/h6-22,26,33H,5,23-25H2,1-4H3,(H,38,42)/t33-/m1/s1. The van der Waals surface area contributed by atoms with Crippen LogP contribution >= 0.6 is 11.6 Å². The Hall–Kier alpha value is -4.34. The zero-order chi connectivity index (χ0) is 33.3. The van der Waals surface area contributed by atoms with Crippen LogP contribution in [0.4, 0.5) is 5.69 Å². The fourth-order valence-electron chi connectivity index (χ4n) is 5.06. The quantitative estimate of drug-likeness (QED) is 0.169. The minimum absolute atomic E-state index is 0.0218. The number of halogens is 1. The van der Waals surface area contributed by atoms with E-state index < -0.39 is 28.5 Å². The minimum atomic E-state index is -4.26. The summed E-state index contributed by atoms with van der Waals surface area (Å²) in [7, 11) is -4.26. The van der Waals surface area contributed by atoms with Crippen LogP contribution in [-0.4, -0.2) is 50.4 Å². The van der Waals surface area contributed by atoms with Crippen molar-refractivity contribution in [3.63, 3.8) is 0 Å². The Bertz CT molecular complexity index is 1730. The number of ether oxygens (including phenoxy) is 1. The van der Waals surface area contributed by atoms with Crippen molar-refractivity contribution in [2.45, 2.75) is 57.6 Å². The van der Waals surface area contributed by atoms with Crippen LogP contribution in [0.5, 0.6) is 5.75 Å². The normalized spacial score (nSPS) is 12.0. The van der Waals surface area contributed by atoms with Gasteiger partial charge in [0.2, 0.25) is 11.8 Å². The maximum atomic E-state index is 14.6. The third kappa shape index (κ3) is 8.89. The molecule has 2 amide bonds. The van der Waals surface area contributed by atoms with Gasteiger partial charge >= 0.3 is 0 Å². The van der Waals surface area contributed by atoms with Gasteiger partial charge < -0.3 is 15.0 Å². The highest BCUT2D eigenvalue weighted by atomic mass is 35.5. The van der Waals surface area contributed by atoms with Crippen molar-refractivity contribution >= 4 is 39.1 Å². The molecule has 4 aromatic rings. The number of carbonyl (C=O) groups is 2. The third-order valence-corrected chi connectivity index (χ3v) is 9.27. The zero-order valence-corrected chi connectivity index (χ0v) is 28.1.